The average Bonchev–Trinajstić information content (AvgIpc) is 1.37. The summed E-state index contributed by atoms with van der Waals surface area (Å²) in [6.07, 6.45) is 0. The van der Waals surface area contributed by atoms with Crippen molar-refractivity contribution in [1.29, 1.82) is 0 Å². The van der Waals surface area contributed by atoms with Crippen molar-refractivity contribution in [2.24, 2.45) is 4.58 Å². The van der Waals surface area contributed by atoms with Crippen LogP contribution in [0.25, 0.3) is 0 Å². The zero-order valence-corrected chi connectivity index (χ0v) is 2.54. The Morgan fingerprint density at radius 3 is 2.00 bits per heavy atom. The number of thiol groups is 1. The van der Waals surface area contributed by atoms with Gasteiger partial charge in [0.2, 0.25) is 0 Å². The maximum atomic E-state index is 10.2. The van der Waals surface area contributed by atoms with Crippen LogP contribution in [0.1, 0.15) is 0 Å². The van der Waals surface area contributed by atoms with Gasteiger partial charge in [-0.05, 0) is 4.58 Å². The minimum absolute atomic E-state index is 1.04. The van der Waals surface area contributed by atoms with Crippen molar-refractivity contribution in [1.82, 2.24) is 0 Å². The lowest BCUT2D eigenvalue weighted by molar-refractivity contribution is 0.547. The van der Waals surface area contributed by atoms with Gasteiger partial charge in [0.05, 0.1) is 0 Å². The Hall–Kier alpha value is 0.01000. The van der Waals surface area contributed by atoms with Crippen LogP contribution in [0.2, 0.25) is 0 Å². The van der Waals surface area contributed by atoms with Gasteiger partial charge in [-0.25, -0.2) is 0 Å². The van der Waals surface area contributed by atoms with Gasteiger partial charge >= 0.3 is 0 Å². The molecule has 0 saturated carbocycles. The zero-order valence-electron chi connectivity index (χ0n) is 1.65. The van der Waals surface area contributed by atoms with Crippen molar-refractivity contribution in [2.75, 3.05) is 0 Å². The van der Waals surface area contributed by atoms with Gasteiger partial charge in [0.15, 0.2) is 0 Å². The van der Waals surface area contributed by atoms with Gasteiger partial charge in [-0.3, -0.25) is 0 Å². The van der Waals surface area contributed by atoms with E-state index in [0.29, 0.717) is 0 Å². The monoisotopic (exact) mass is 85.0 g/mol. The molecule has 1 nitrogen and oxygen atoms in total. The second-order valence-electron chi connectivity index (χ2n) is 0.151. The van der Waals surface area contributed by atoms with Gasteiger partial charge in [-0.15, -0.1) is 0 Å². The summed E-state index contributed by atoms with van der Waals surface area (Å²) in [6.45, 7) is 0. The van der Waals surface area contributed by atoms with E-state index in [2.05, 4.69) is 0 Å². The van der Waals surface area contributed by atoms with E-state index in [1.807, 2.05) is 0 Å². The molecular weight excluding hydrogens is 84.1 g/mol. The third-order valence-electron chi connectivity index (χ3n) is 0.0286. The number of hydrogen-bond acceptors (Lipinski definition) is 1. The first kappa shape index (κ1) is 4.01. The summed E-state index contributed by atoms with van der Waals surface area (Å²) in [5, 5.41) is 0. The first-order valence-corrected chi connectivity index (χ1v) is 1.28. The molecule has 0 fully saturated rings. The van der Waals surface area contributed by atoms with Gasteiger partial charge in [-0.2, -0.15) is 3.89 Å². The van der Waals surface area contributed by atoms with E-state index >= 15 is 0 Å². The molecular formula is HF2NS. The first-order valence-electron chi connectivity index (χ1n) is 0.538. The molecule has 0 saturated heterocycles. The SMILES string of the molecule is F/N=[SH]/F. The average molecular weight is 85.1 g/mol. The third-order valence-corrected chi connectivity index (χ3v) is 0.0857. The predicted molar refractivity (Wildman–Crippen MR) is 13.4 cm³/mol. The number of rotatable bonds is 0. The molecule has 0 bridgehead atoms. The van der Waals surface area contributed by atoms with E-state index in [4.69, 9.17) is 0 Å². The van der Waals surface area contributed by atoms with Crippen LogP contribution in [0, 0.1) is 0 Å². The summed E-state index contributed by atoms with van der Waals surface area (Å²) in [5.41, 5.74) is 0. The predicted octanol–water partition coefficient (Wildman–Crippen LogP) is 0.754. The minimum Gasteiger partial charge on any atom is -0.155 e. The molecule has 0 N–H and O–H groups in total. The molecule has 0 spiro atoms. The van der Waals surface area contributed by atoms with Crippen LogP contribution in [0.5, 0.6) is 0 Å². The maximum Gasteiger partial charge on any atom is 0.100 e. The largest absolute Gasteiger partial charge is 0.155 e. The third kappa shape index (κ3) is 2.01. The van der Waals surface area contributed by atoms with Gasteiger partial charge in [0.25, 0.3) is 0 Å². The lowest BCUT2D eigenvalue weighted by Crippen LogP contribution is -1.23. The van der Waals surface area contributed by atoms with Crippen molar-refractivity contribution in [3.63, 3.8) is 0 Å². The molecule has 0 aromatic rings. The highest BCUT2D eigenvalue weighted by atomic mass is 32.2. The second kappa shape index (κ2) is 3.01. The van der Waals surface area contributed by atoms with Crippen LogP contribution in [0.4, 0.5) is 8.37 Å². The standard InChI is InChI=1S/F2HNS/c1-3-4-2/h4H. The van der Waals surface area contributed by atoms with Crippen LogP contribution in [-0.4, -0.2) is 0 Å². The molecule has 0 atom stereocenters. The number of hydrogen-bond donors (Lipinski definition) is 1. The fourth-order valence-corrected chi connectivity index (χ4v) is 0. The van der Waals surface area contributed by atoms with Crippen molar-refractivity contribution in [3.8, 4) is 0 Å². The second-order valence-corrected chi connectivity index (χ2v) is 0.454. The summed E-state index contributed by atoms with van der Waals surface area (Å²) in [6, 6.07) is 0. The molecule has 0 radical (unpaired) electrons. The van der Waals surface area contributed by atoms with E-state index in [1.54, 1.807) is 4.58 Å². The highest BCUT2D eigenvalue weighted by Gasteiger charge is 1.40. The highest BCUT2D eigenvalue weighted by molar-refractivity contribution is 7.62. The molecule has 4 heavy (non-hydrogen) atoms. The van der Waals surface area contributed by atoms with E-state index in [0.717, 1.165) is 0 Å². The van der Waals surface area contributed by atoms with E-state index in [9.17, 15) is 8.37 Å². The number of halogens is 2. The quantitative estimate of drug-likeness (QED) is 0.417. The summed E-state index contributed by atoms with van der Waals surface area (Å²) >= 11 is -1.04. The molecule has 4 heteroatoms. The Morgan fingerprint density at radius 1 is 1.75 bits per heavy atom. The van der Waals surface area contributed by atoms with Gasteiger partial charge in [-0.1, -0.05) is 4.48 Å². The fourth-order valence-electron chi connectivity index (χ4n) is 0. The molecule has 0 heterocycles. The van der Waals surface area contributed by atoms with Crippen molar-refractivity contribution < 1.29 is 8.37 Å². The highest BCUT2D eigenvalue weighted by Crippen LogP contribution is 1.63. The lowest BCUT2D eigenvalue weighted by atomic mass is 13.8. The van der Waals surface area contributed by atoms with E-state index in [-0.39, 0.29) is 0 Å². The summed E-state index contributed by atoms with van der Waals surface area (Å²) in [5.74, 6) is 0. The fraction of sp³-hybridized carbons (Fsp3) is 0. The van der Waals surface area contributed by atoms with E-state index < -0.39 is 11.9 Å². The molecule has 0 aliphatic carbocycles. The molecule has 0 aliphatic heterocycles. The minimum atomic E-state index is -1.04. The molecule has 0 aliphatic rings. The Balaban J connectivity index is 2.55. The Morgan fingerprint density at radius 2 is 2.00 bits per heavy atom. The van der Waals surface area contributed by atoms with Gasteiger partial charge in [0.1, 0.15) is 11.9 Å². The van der Waals surface area contributed by atoms with Crippen molar-refractivity contribution >= 4 is 11.9 Å². The summed E-state index contributed by atoms with van der Waals surface area (Å²) < 4.78 is 21.7. The normalized spacial score (nSPS) is 11.5. The van der Waals surface area contributed by atoms with Crippen molar-refractivity contribution in [3.05, 3.63) is 0 Å². The molecule has 0 aromatic heterocycles. The van der Waals surface area contributed by atoms with E-state index in [1.165, 1.54) is 0 Å². The molecule has 0 rings (SSSR count). The summed E-state index contributed by atoms with van der Waals surface area (Å²) in [4.78, 5) is 0. The lowest BCUT2D eigenvalue weighted by Gasteiger charge is -1.43. The molecule has 0 amide bonds. The van der Waals surface area contributed by atoms with Gasteiger partial charge < -0.3 is 0 Å². The van der Waals surface area contributed by atoms with Crippen LogP contribution in [0.3, 0.4) is 0 Å². The Bertz CT molecular complexity index is 21.2. The number of nitrogens with zero attached hydrogens (tertiary/aromatic N) is 1. The Kier molecular flexibility index (Phi) is 3.02. The smallest absolute Gasteiger partial charge is 0.100 e. The van der Waals surface area contributed by atoms with Crippen LogP contribution in [-0.2, 0) is 11.9 Å². The topological polar surface area (TPSA) is 12.4 Å². The van der Waals surface area contributed by atoms with Crippen LogP contribution >= 0.6 is 0 Å². The molecule has 0 unspecified atom stereocenters. The first-order chi connectivity index (χ1) is 1.91. The van der Waals surface area contributed by atoms with Crippen LogP contribution in [0.15, 0.2) is 4.58 Å². The molecule has 26 valence electrons. The molecule has 0 aromatic carbocycles. The zero-order chi connectivity index (χ0) is 3.41. The van der Waals surface area contributed by atoms with Crippen LogP contribution < -0.4 is 0 Å². The maximum absolute atomic E-state index is 10.2. The Labute approximate surface area is 26.0 Å². The summed E-state index contributed by atoms with van der Waals surface area (Å²) in [7, 11) is 0. The van der Waals surface area contributed by atoms with Gasteiger partial charge in [0, 0.05) is 0 Å². The van der Waals surface area contributed by atoms with Crippen molar-refractivity contribution in [2.45, 2.75) is 0 Å².